The average molecular weight is 1400 g/mol. The predicted octanol–water partition coefficient (Wildman–Crippen LogP) is 21.8. The molecule has 10 heterocycles. The van der Waals surface area contributed by atoms with Crippen molar-refractivity contribution in [1.82, 2.24) is 49.2 Å². The topological polar surface area (TPSA) is 51.7 Å². The number of benzene rings is 2. The molecule has 100 heavy (non-hydrogen) atoms. The summed E-state index contributed by atoms with van der Waals surface area (Å²) in [6.45, 7) is 56.6. The molecule has 9 aliphatic rings. The Morgan fingerprint density at radius 2 is 0.870 bits per heavy atom. The maximum Gasteiger partial charge on any atom is 0.0575 e. The summed E-state index contributed by atoms with van der Waals surface area (Å²) < 4.78 is 0. The molecule has 6 unspecified atom stereocenters. The minimum atomic E-state index is 0.552. The van der Waals surface area contributed by atoms with E-state index < -0.39 is 0 Å². The number of hydrogen-bond acceptors (Lipinski definition) is 11. The molecule has 10 nitrogen and oxygen atoms in total. The quantitative estimate of drug-likeness (QED) is 0.114. The average Bonchev–Trinajstić information content (AvgIpc) is 1.34. The Labute approximate surface area is 622 Å². The van der Waals surface area contributed by atoms with Crippen LogP contribution in [-0.4, -0.2) is 181 Å². The van der Waals surface area contributed by atoms with Crippen LogP contribution in [-0.2, 0) is 0 Å². The number of aromatic nitrogens is 2. The zero-order valence-electron chi connectivity index (χ0n) is 68.3. The maximum absolute atomic E-state index is 4.45. The summed E-state index contributed by atoms with van der Waals surface area (Å²) >= 11 is 1.87. The van der Waals surface area contributed by atoms with Gasteiger partial charge in [0, 0.05) is 109 Å². The van der Waals surface area contributed by atoms with Crippen molar-refractivity contribution in [1.29, 1.82) is 0 Å². The van der Waals surface area contributed by atoms with Gasteiger partial charge in [-0.2, -0.15) is 0 Å². The summed E-state index contributed by atoms with van der Waals surface area (Å²) in [6, 6.07) is 37.9. The Bertz CT molecular complexity index is 2670. The smallest absolute Gasteiger partial charge is 0.0575 e. The van der Waals surface area contributed by atoms with Gasteiger partial charge < -0.3 is 9.80 Å². The summed E-state index contributed by atoms with van der Waals surface area (Å²) in [5.41, 5.74) is 7.85. The molecule has 11 heteroatoms. The molecule has 0 amide bonds. The van der Waals surface area contributed by atoms with E-state index in [9.17, 15) is 0 Å². The Balaban J connectivity index is 0.000000182. The van der Waals surface area contributed by atoms with E-state index in [1.165, 1.54) is 240 Å². The third-order valence-corrected chi connectivity index (χ3v) is 24.8. The number of piperidine rings is 1. The molecule has 8 saturated heterocycles. The van der Waals surface area contributed by atoms with Crippen molar-refractivity contribution in [3.63, 3.8) is 0 Å². The number of aryl methyl sites for hydroxylation is 1. The molecule has 4 aromatic rings. The molecular weight excluding hydrogens is 1240 g/mol. The number of hydrogen-bond donors (Lipinski definition) is 0. The van der Waals surface area contributed by atoms with Crippen molar-refractivity contribution in [2.24, 2.45) is 5.41 Å². The Hall–Kier alpha value is -3.23. The van der Waals surface area contributed by atoms with Crippen LogP contribution in [0.1, 0.15) is 318 Å². The first-order valence-electron chi connectivity index (χ1n) is 41.5. The lowest BCUT2D eigenvalue weighted by molar-refractivity contribution is 0.0367. The fraction of sp³-hybridized carbons (Fsp3) is 0.753. The maximum atomic E-state index is 4.45. The fourth-order valence-electron chi connectivity index (χ4n) is 18.4. The number of pyridine rings is 2. The lowest BCUT2D eigenvalue weighted by Gasteiger charge is -2.46. The van der Waals surface area contributed by atoms with Crippen molar-refractivity contribution in [3.05, 3.63) is 125 Å². The minimum Gasteiger partial charge on any atom is -0.301 e. The summed E-state index contributed by atoms with van der Waals surface area (Å²) in [4.78, 5) is 30.9. The molecule has 9 fully saturated rings. The van der Waals surface area contributed by atoms with Gasteiger partial charge in [0.05, 0.1) is 11.7 Å². The second kappa shape index (κ2) is 45.3. The molecule has 0 bridgehead atoms. The van der Waals surface area contributed by atoms with Gasteiger partial charge in [0.2, 0.25) is 0 Å². The third kappa shape index (κ3) is 27.0. The van der Waals surface area contributed by atoms with Crippen LogP contribution in [0.4, 0.5) is 0 Å². The van der Waals surface area contributed by atoms with E-state index in [0.29, 0.717) is 48.3 Å². The van der Waals surface area contributed by atoms with Crippen LogP contribution in [0.2, 0.25) is 0 Å². The van der Waals surface area contributed by atoms with E-state index in [2.05, 4.69) is 254 Å². The van der Waals surface area contributed by atoms with Crippen LogP contribution >= 0.6 is 11.8 Å². The monoisotopic (exact) mass is 1400 g/mol. The molecule has 1 saturated carbocycles. The Morgan fingerprint density at radius 1 is 0.410 bits per heavy atom. The van der Waals surface area contributed by atoms with Crippen LogP contribution in [0.25, 0.3) is 0 Å². The summed E-state index contributed by atoms with van der Waals surface area (Å²) in [6.07, 6.45) is 38.7. The number of nitrogens with zero attached hydrogens (tertiary/aromatic N) is 10. The lowest BCUT2D eigenvalue weighted by Crippen LogP contribution is -2.47. The zero-order chi connectivity index (χ0) is 72.7. The molecule has 8 aliphatic heterocycles. The van der Waals surface area contributed by atoms with Gasteiger partial charge >= 0.3 is 0 Å². The van der Waals surface area contributed by atoms with Gasteiger partial charge in [-0.3, -0.25) is 39.4 Å². The Morgan fingerprint density at radius 3 is 1.34 bits per heavy atom. The summed E-state index contributed by atoms with van der Waals surface area (Å²) in [5, 5.41) is 0. The second-order valence-corrected chi connectivity index (χ2v) is 34.4. The van der Waals surface area contributed by atoms with E-state index >= 15 is 0 Å². The zero-order valence-corrected chi connectivity index (χ0v) is 69.1. The van der Waals surface area contributed by atoms with Crippen LogP contribution in [0.15, 0.2) is 102 Å². The lowest BCUT2D eigenvalue weighted by atomic mass is 9.69. The first-order valence-corrected chi connectivity index (χ1v) is 42.7. The highest BCUT2D eigenvalue weighted by Crippen LogP contribution is 2.44. The molecule has 0 radical (unpaired) electrons. The molecule has 1 aliphatic carbocycles. The number of thioether (sulfide) groups is 1. The summed E-state index contributed by atoms with van der Waals surface area (Å²) in [7, 11) is 0. The fourth-order valence-corrected chi connectivity index (χ4v) is 19.0. The standard InChI is InChI=1S/C14H21NS.C14H21N.C13H25N.2C12H18N2.C9H19N.C8H17N.C7H15N/c1-11(2)15-10-6-8-13(15)12-7-4-5-9-14(12)16-3;1-11(2)15-10-6-9-14(15)13-8-5-4-7-12(13)3;1-12(2)14-10-6-9-13(11-14)7-4-3-5-8-13;1-10(2)14-8-4-6-12(14)11-5-3-7-13-9-11;1-10(2)14-9-5-7-12(14)11-6-3-4-8-13-11;1-4-9-6-5-7-10(9)8(2)3;1-7(2)9-6-4-5-8(9)3;1-7(2)8-5-3-4-6-8/h4-5,7,9,11,13H,6,8,10H2,1-3H3;4-5,7-8,11,14H,6,9-10H2,1-3H3;12H,3-11H2,1-2H3;3,5,7,9-10,12H,4,6,8H2,1-2H3;3-4,6,8,10,12H,5,7,9H2,1-2H3;8-9H,4-7H2,1-3H3;7-8H,4-6H2,1-3H3;7H,3-6H2,1-2H3. The van der Waals surface area contributed by atoms with E-state index in [1.54, 1.807) is 0 Å². The van der Waals surface area contributed by atoms with Crippen molar-refractivity contribution in [2.45, 2.75) is 362 Å². The molecule has 566 valence electrons. The highest BCUT2D eigenvalue weighted by atomic mass is 32.2. The largest absolute Gasteiger partial charge is 0.301 e. The van der Waals surface area contributed by atoms with Crippen molar-refractivity contribution >= 4 is 11.8 Å². The van der Waals surface area contributed by atoms with E-state index in [-0.39, 0.29) is 0 Å². The molecular formula is C89H154N10S. The first-order chi connectivity index (χ1) is 48.0. The molecule has 2 aromatic carbocycles. The SMILES string of the molecule is CC(C)N1CCCC1.CC(C)N1CCCC1C.CC(C)N1CCCC1c1ccccn1.CC(C)N1CCCC1c1cccnc1.CC(C)N1CCCC2(CCCCC2)C1.CCC1CCCN1C(C)C.CSc1ccccc1C1CCCN1C(C)C.Cc1ccccc1C1CCCN1C(C)C. The van der Waals surface area contributed by atoms with E-state index in [0.717, 1.165) is 41.7 Å². The van der Waals surface area contributed by atoms with E-state index in [4.69, 9.17) is 0 Å². The molecule has 1 spiro atoms. The highest BCUT2D eigenvalue weighted by molar-refractivity contribution is 7.98. The summed E-state index contributed by atoms with van der Waals surface area (Å²) in [5.74, 6) is 0. The van der Waals surface area contributed by atoms with Gasteiger partial charge in [0.25, 0.3) is 0 Å². The highest BCUT2D eigenvalue weighted by Gasteiger charge is 2.38. The van der Waals surface area contributed by atoms with Crippen molar-refractivity contribution in [2.75, 3.05) is 71.7 Å². The van der Waals surface area contributed by atoms with E-state index in [1.807, 2.05) is 42.5 Å². The minimum absolute atomic E-state index is 0.552. The van der Waals surface area contributed by atoms with Gasteiger partial charge in [-0.15, -0.1) is 11.8 Å². The van der Waals surface area contributed by atoms with Gasteiger partial charge in [0.1, 0.15) is 0 Å². The molecule has 6 atom stereocenters. The van der Waals surface area contributed by atoms with Crippen molar-refractivity contribution in [3.8, 4) is 0 Å². The van der Waals surface area contributed by atoms with Gasteiger partial charge in [0.15, 0.2) is 0 Å². The molecule has 13 rings (SSSR count). The van der Waals surface area contributed by atoms with Gasteiger partial charge in [-0.05, 0) is 364 Å². The van der Waals surface area contributed by atoms with Crippen LogP contribution in [0, 0.1) is 12.3 Å². The van der Waals surface area contributed by atoms with Crippen LogP contribution in [0.5, 0.6) is 0 Å². The predicted molar refractivity (Wildman–Crippen MR) is 436 cm³/mol. The van der Waals surface area contributed by atoms with Gasteiger partial charge in [-0.25, -0.2) is 0 Å². The number of likely N-dealkylation sites (tertiary alicyclic amines) is 8. The normalized spacial score (nSPS) is 24.7. The van der Waals surface area contributed by atoms with Crippen LogP contribution < -0.4 is 0 Å². The van der Waals surface area contributed by atoms with Gasteiger partial charge in [-0.1, -0.05) is 80.8 Å². The van der Waals surface area contributed by atoms with Crippen molar-refractivity contribution < 1.29 is 0 Å². The number of rotatable bonds is 14. The molecule has 0 N–H and O–H groups in total. The molecule has 2 aromatic heterocycles. The van der Waals surface area contributed by atoms with Crippen LogP contribution in [0.3, 0.4) is 0 Å². The Kier molecular flexibility index (Phi) is 38.8. The third-order valence-electron chi connectivity index (χ3n) is 24.0. The first kappa shape index (κ1) is 85.7. The second-order valence-electron chi connectivity index (χ2n) is 33.5.